The predicted molar refractivity (Wildman–Crippen MR) is 86.9 cm³/mol. The van der Waals surface area contributed by atoms with Crippen LogP contribution in [-0.2, 0) is 13.0 Å². The SMILES string of the molecule is CC(c1nc2ccccc2c(=O)[nH]1)N1CCc2cncnc2C1. The molecule has 3 heterocycles. The van der Waals surface area contributed by atoms with Gasteiger partial charge in [0.05, 0.1) is 22.6 Å². The molecule has 6 heteroatoms. The van der Waals surface area contributed by atoms with Crippen LogP contribution in [0.25, 0.3) is 10.9 Å². The summed E-state index contributed by atoms with van der Waals surface area (Å²) in [6.45, 7) is 3.72. The van der Waals surface area contributed by atoms with Crippen LogP contribution in [0.15, 0.2) is 41.6 Å². The largest absolute Gasteiger partial charge is 0.309 e. The molecule has 0 radical (unpaired) electrons. The van der Waals surface area contributed by atoms with Crippen LogP contribution in [0.1, 0.15) is 30.0 Å². The Balaban J connectivity index is 1.67. The highest BCUT2D eigenvalue weighted by atomic mass is 16.1. The Kier molecular flexibility index (Phi) is 3.38. The van der Waals surface area contributed by atoms with Crippen LogP contribution in [-0.4, -0.2) is 31.4 Å². The monoisotopic (exact) mass is 307 g/mol. The lowest BCUT2D eigenvalue weighted by Crippen LogP contribution is -2.35. The van der Waals surface area contributed by atoms with E-state index in [1.807, 2.05) is 24.4 Å². The van der Waals surface area contributed by atoms with Crippen molar-refractivity contribution in [3.8, 4) is 0 Å². The van der Waals surface area contributed by atoms with Crippen LogP contribution in [0.4, 0.5) is 0 Å². The maximum atomic E-state index is 12.3. The summed E-state index contributed by atoms with van der Waals surface area (Å²) in [6, 6.07) is 7.44. The third-order valence-corrected chi connectivity index (χ3v) is 4.48. The zero-order valence-electron chi connectivity index (χ0n) is 12.9. The van der Waals surface area contributed by atoms with E-state index in [-0.39, 0.29) is 11.6 Å². The zero-order chi connectivity index (χ0) is 15.8. The Hall–Kier alpha value is -2.60. The second-order valence-electron chi connectivity index (χ2n) is 5.86. The highest BCUT2D eigenvalue weighted by molar-refractivity contribution is 5.77. The molecule has 1 aliphatic rings. The predicted octanol–water partition coefficient (Wildman–Crippen LogP) is 1.83. The fraction of sp³-hybridized carbons (Fsp3) is 0.294. The number of nitrogens with zero attached hydrogens (tertiary/aromatic N) is 4. The van der Waals surface area contributed by atoms with Crippen LogP contribution in [0.3, 0.4) is 0 Å². The molecule has 1 aromatic carbocycles. The van der Waals surface area contributed by atoms with E-state index >= 15 is 0 Å². The van der Waals surface area contributed by atoms with Crippen molar-refractivity contribution < 1.29 is 0 Å². The summed E-state index contributed by atoms with van der Waals surface area (Å²) >= 11 is 0. The van der Waals surface area contributed by atoms with Gasteiger partial charge >= 0.3 is 0 Å². The van der Waals surface area contributed by atoms with Crippen LogP contribution >= 0.6 is 0 Å². The Labute approximate surface area is 133 Å². The van der Waals surface area contributed by atoms with Gasteiger partial charge in [-0.1, -0.05) is 12.1 Å². The van der Waals surface area contributed by atoms with E-state index in [0.29, 0.717) is 11.2 Å². The first-order chi connectivity index (χ1) is 11.2. The molecule has 0 aliphatic carbocycles. The van der Waals surface area contributed by atoms with Gasteiger partial charge in [0.25, 0.3) is 5.56 Å². The molecule has 1 N–H and O–H groups in total. The summed E-state index contributed by atoms with van der Waals surface area (Å²) in [5.74, 6) is 0.700. The number of aromatic amines is 1. The van der Waals surface area contributed by atoms with Gasteiger partial charge < -0.3 is 4.98 Å². The highest BCUT2D eigenvalue weighted by Crippen LogP contribution is 2.24. The van der Waals surface area contributed by atoms with Gasteiger partial charge in [0, 0.05) is 19.3 Å². The number of H-pyrrole nitrogens is 1. The van der Waals surface area contributed by atoms with E-state index in [4.69, 9.17) is 0 Å². The number of hydrogen-bond donors (Lipinski definition) is 1. The molecule has 0 saturated heterocycles. The lowest BCUT2D eigenvalue weighted by atomic mass is 10.1. The lowest BCUT2D eigenvalue weighted by Gasteiger charge is -2.32. The number of rotatable bonds is 2. The molecule has 2 aromatic heterocycles. The first kappa shape index (κ1) is 14.0. The highest BCUT2D eigenvalue weighted by Gasteiger charge is 2.24. The number of benzene rings is 1. The number of fused-ring (bicyclic) bond motifs is 2. The van der Waals surface area contributed by atoms with E-state index in [9.17, 15) is 4.79 Å². The summed E-state index contributed by atoms with van der Waals surface area (Å²) in [7, 11) is 0. The Bertz CT molecular complexity index is 920. The number of para-hydroxylation sites is 1. The molecule has 116 valence electrons. The zero-order valence-corrected chi connectivity index (χ0v) is 12.9. The molecule has 0 bridgehead atoms. The fourth-order valence-electron chi connectivity index (χ4n) is 3.08. The molecule has 1 unspecified atom stereocenters. The van der Waals surface area contributed by atoms with E-state index in [0.717, 1.165) is 30.7 Å². The molecule has 0 fully saturated rings. The normalized spacial score (nSPS) is 16.2. The molecular weight excluding hydrogens is 290 g/mol. The third kappa shape index (κ3) is 2.51. The summed E-state index contributed by atoms with van der Waals surface area (Å²) < 4.78 is 0. The Morgan fingerprint density at radius 3 is 3.09 bits per heavy atom. The van der Waals surface area contributed by atoms with Gasteiger partial charge in [0.1, 0.15) is 12.2 Å². The molecule has 0 spiro atoms. The Morgan fingerprint density at radius 1 is 1.30 bits per heavy atom. The van der Waals surface area contributed by atoms with Crippen molar-refractivity contribution in [1.29, 1.82) is 0 Å². The minimum absolute atomic E-state index is 0.0235. The summed E-state index contributed by atoms with van der Waals surface area (Å²) in [4.78, 5) is 30.5. The van der Waals surface area contributed by atoms with Gasteiger partial charge in [-0.2, -0.15) is 0 Å². The molecule has 6 nitrogen and oxygen atoms in total. The molecule has 0 amide bonds. The topological polar surface area (TPSA) is 74.8 Å². The first-order valence-corrected chi connectivity index (χ1v) is 7.73. The summed E-state index contributed by atoms with van der Waals surface area (Å²) in [5.41, 5.74) is 2.91. The van der Waals surface area contributed by atoms with E-state index in [1.54, 1.807) is 12.4 Å². The number of hydrogen-bond acceptors (Lipinski definition) is 5. The maximum Gasteiger partial charge on any atom is 0.258 e. The second-order valence-corrected chi connectivity index (χ2v) is 5.86. The van der Waals surface area contributed by atoms with Crippen molar-refractivity contribution in [2.24, 2.45) is 0 Å². The van der Waals surface area contributed by atoms with Gasteiger partial charge in [-0.15, -0.1) is 0 Å². The summed E-state index contributed by atoms with van der Waals surface area (Å²) in [6.07, 6.45) is 4.39. The minimum Gasteiger partial charge on any atom is -0.309 e. The molecule has 1 atom stereocenters. The van der Waals surface area contributed by atoms with Crippen molar-refractivity contribution in [2.45, 2.75) is 25.9 Å². The summed E-state index contributed by atoms with van der Waals surface area (Å²) in [5, 5.41) is 0.625. The van der Waals surface area contributed by atoms with E-state index in [2.05, 4.69) is 31.8 Å². The molecular formula is C17H17N5O. The minimum atomic E-state index is -0.0859. The van der Waals surface area contributed by atoms with Crippen LogP contribution in [0.5, 0.6) is 0 Å². The number of nitrogens with one attached hydrogen (secondary N) is 1. The fourth-order valence-corrected chi connectivity index (χ4v) is 3.08. The third-order valence-electron chi connectivity index (χ3n) is 4.48. The van der Waals surface area contributed by atoms with Gasteiger partial charge in [-0.3, -0.25) is 9.69 Å². The van der Waals surface area contributed by atoms with Gasteiger partial charge in [-0.25, -0.2) is 15.0 Å². The smallest absolute Gasteiger partial charge is 0.258 e. The number of aromatic nitrogens is 4. The van der Waals surface area contributed by atoms with E-state index < -0.39 is 0 Å². The quantitative estimate of drug-likeness (QED) is 0.782. The van der Waals surface area contributed by atoms with Gasteiger partial charge in [0.15, 0.2) is 0 Å². The Morgan fingerprint density at radius 2 is 2.17 bits per heavy atom. The van der Waals surface area contributed by atoms with Crippen LogP contribution in [0.2, 0.25) is 0 Å². The average Bonchev–Trinajstić information content (AvgIpc) is 2.60. The van der Waals surface area contributed by atoms with Crippen molar-refractivity contribution in [2.75, 3.05) is 6.54 Å². The molecule has 1 aliphatic heterocycles. The van der Waals surface area contributed by atoms with Crippen LogP contribution in [0, 0.1) is 0 Å². The van der Waals surface area contributed by atoms with E-state index in [1.165, 1.54) is 5.56 Å². The first-order valence-electron chi connectivity index (χ1n) is 7.73. The van der Waals surface area contributed by atoms with Crippen LogP contribution < -0.4 is 5.56 Å². The molecule has 23 heavy (non-hydrogen) atoms. The van der Waals surface area contributed by atoms with Gasteiger partial charge in [-0.05, 0) is 31.0 Å². The lowest BCUT2D eigenvalue weighted by molar-refractivity contribution is 0.182. The van der Waals surface area contributed by atoms with Crippen molar-refractivity contribution in [3.63, 3.8) is 0 Å². The standard InChI is InChI=1S/C17H17N5O/c1-11(22-7-6-12-8-18-10-19-15(12)9-22)16-20-14-5-3-2-4-13(14)17(23)21-16/h2-5,8,10-11H,6-7,9H2,1H3,(H,20,21,23). The maximum absolute atomic E-state index is 12.3. The molecule has 0 saturated carbocycles. The van der Waals surface area contributed by atoms with Crippen molar-refractivity contribution in [1.82, 2.24) is 24.8 Å². The second kappa shape index (κ2) is 5.55. The van der Waals surface area contributed by atoms with Gasteiger partial charge in [0.2, 0.25) is 0 Å². The average molecular weight is 307 g/mol. The van der Waals surface area contributed by atoms with Crippen molar-refractivity contribution >= 4 is 10.9 Å². The van der Waals surface area contributed by atoms with Crippen molar-refractivity contribution in [3.05, 3.63) is 64.2 Å². The molecule has 3 aromatic rings. The molecule has 4 rings (SSSR count).